The van der Waals surface area contributed by atoms with Crippen LogP contribution < -0.4 is 5.73 Å². The van der Waals surface area contributed by atoms with Gasteiger partial charge in [-0.3, -0.25) is 4.90 Å². The van der Waals surface area contributed by atoms with E-state index in [0.717, 1.165) is 24.1 Å². The topological polar surface area (TPSA) is 29.3 Å². The molecule has 2 fully saturated rings. The van der Waals surface area contributed by atoms with Crippen molar-refractivity contribution in [2.24, 2.45) is 11.8 Å². The van der Waals surface area contributed by atoms with Gasteiger partial charge in [0.2, 0.25) is 0 Å². The number of aryl methyl sites for hydroxylation is 1. The average molecular weight is 258 g/mol. The van der Waals surface area contributed by atoms with Crippen molar-refractivity contribution in [3.05, 3.63) is 29.3 Å². The van der Waals surface area contributed by atoms with Gasteiger partial charge in [0.1, 0.15) is 0 Å². The maximum atomic E-state index is 5.90. The first kappa shape index (κ1) is 13.0. The molecule has 2 atom stereocenters. The molecule has 1 aromatic rings. The quantitative estimate of drug-likeness (QED) is 0.821. The van der Waals surface area contributed by atoms with Gasteiger partial charge in [0, 0.05) is 18.8 Å². The smallest absolute Gasteiger partial charge is 0.0343 e. The molecule has 1 saturated carbocycles. The minimum atomic E-state index is 0.912. The predicted molar refractivity (Wildman–Crippen MR) is 80.9 cm³/mol. The Labute approximate surface area is 117 Å². The van der Waals surface area contributed by atoms with Gasteiger partial charge in [-0.2, -0.15) is 0 Å². The fraction of sp³-hybridized carbons (Fsp3) is 0.647. The molecule has 1 aliphatic heterocycles. The Hall–Kier alpha value is -1.02. The first-order valence-electron chi connectivity index (χ1n) is 7.80. The van der Waals surface area contributed by atoms with Gasteiger partial charge in [-0.25, -0.2) is 0 Å². The van der Waals surface area contributed by atoms with Crippen LogP contribution in [0, 0.1) is 18.8 Å². The maximum absolute atomic E-state index is 5.90. The number of rotatable bonds is 2. The third-order valence-corrected chi connectivity index (χ3v) is 5.12. The maximum Gasteiger partial charge on any atom is 0.0343 e. The lowest BCUT2D eigenvalue weighted by Gasteiger charge is -2.41. The van der Waals surface area contributed by atoms with Crippen LogP contribution in [0.25, 0.3) is 0 Å². The van der Waals surface area contributed by atoms with E-state index in [1.54, 1.807) is 0 Å². The van der Waals surface area contributed by atoms with Crippen LogP contribution in [-0.2, 0) is 6.54 Å². The van der Waals surface area contributed by atoms with E-state index >= 15 is 0 Å². The van der Waals surface area contributed by atoms with Crippen molar-refractivity contribution in [2.75, 3.05) is 18.8 Å². The van der Waals surface area contributed by atoms with Crippen molar-refractivity contribution < 1.29 is 0 Å². The van der Waals surface area contributed by atoms with Gasteiger partial charge in [-0.05, 0) is 55.3 Å². The van der Waals surface area contributed by atoms with Crippen molar-refractivity contribution in [3.63, 3.8) is 0 Å². The normalized spacial score (nSPS) is 28.1. The number of anilines is 1. The van der Waals surface area contributed by atoms with Gasteiger partial charge in [0.25, 0.3) is 0 Å². The average Bonchev–Trinajstić information content (AvgIpc) is 2.43. The largest absolute Gasteiger partial charge is 0.399 e. The Morgan fingerprint density at radius 2 is 1.95 bits per heavy atom. The van der Waals surface area contributed by atoms with E-state index < -0.39 is 0 Å². The van der Waals surface area contributed by atoms with Gasteiger partial charge >= 0.3 is 0 Å². The van der Waals surface area contributed by atoms with E-state index in [9.17, 15) is 0 Å². The molecule has 0 amide bonds. The van der Waals surface area contributed by atoms with Crippen LogP contribution in [0.1, 0.15) is 43.2 Å². The number of piperidine rings is 1. The number of hydrogen-bond acceptors (Lipinski definition) is 2. The van der Waals surface area contributed by atoms with E-state index in [-0.39, 0.29) is 0 Å². The molecule has 19 heavy (non-hydrogen) atoms. The monoisotopic (exact) mass is 258 g/mol. The standard InChI is InChI=1S/C17H26N2/c1-13-10-14(6-7-17(13)18)11-19-9-8-15-4-2-3-5-16(15)12-19/h6-7,10,15-16H,2-5,8-9,11-12,18H2,1H3. The number of nitrogens with two attached hydrogens (primary N) is 1. The highest BCUT2D eigenvalue weighted by Crippen LogP contribution is 2.36. The van der Waals surface area contributed by atoms with E-state index in [1.807, 2.05) is 0 Å². The fourth-order valence-electron chi connectivity index (χ4n) is 3.91. The number of hydrogen-bond donors (Lipinski definition) is 1. The number of nitrogens with zero attached hydrogens (tertiary/aromatic N) is 1. The van der Waals surface area contributed by atoms with Gasteiger partial charge in [0.15, 0.2) is 0 Å². The summed E-state index contributed by atoms with van der Waals surface area (Å²) in [5.41, 5.74) is 9.44. The molecule has 1 heterocycles. The van der Waals surface area contributed by atoms with Crippen LogP contribution in [0.5, 0.6) is 0 Å². The van der Waals surface area contributed by atoms with Crippen molar-refractivity contribution in [1.82, 2.24) is 4.90 Å². The zero-order chi connectivity index (χ0) is 13.2. The van der Waals surface area contributed by atoms with Gasteiger partial charge in [-0.1, -0.05) is 31.4 Å². The van der Waals surface area contributed by atoms with E-state index in [0.29, 0.717) is 0 Å². The van der Waals surface area contributed by atoms with Crippen molar-refractivity contribution in [3.8, 4) is 0 Å². The second-order valence-electron chi connectivity index (χ2n) is 6.52. The van der Waals surface area contributed by atoms with Crippen LogP contribution in [0.15, 0.2) is 18.2 Å². The van der Waals surface area contributed by atoms with Crippen LogP contribution in [0.3, 0.4) is 0 Å². The third-order valence-electron chi connectivity index (χ3n) is 5.12. The summed E-state index contributed by atoms with van der Waals surface area (Å²) in [5.74, 6) is 2.00. The Bertz CT molecular complexity index is 441. The second kappa shape index (κ2) is 5.54. The molecule has 0 spiro atoms. The van der Waals surface area contributed by atoms with Crippen LogP contribution >= 0.6 is 0 Å². The molecule has 1 saturated heterocycles. The molecule has 1 aliphatic carbocycles. The summed E-state index contributed by atoms with van der Waals surface area (Å²) in [6, 6.07) is 6.50. The minimum absolute atomic E-state index is 0.912. The van der Waals surface area contributed by atoms with Crippen molar-refractivity contribution in [1.29, 1.82) is 0 Å². The molecule has 1 aromatic carbocycles. The molecule has 104 valence electrons. The van der Waals surface area contributed by atoms with E-state index in [4.69, 9.17) is 5.73 Å². The molecule has 2 aliphatic rings. The lowest BCUT2D eigenvalue weighted by atomic mass is 9.75. The Balaban J connectivity index is 1.62. The van der Waals surface area contributed by atoms with Crippen LogP contribution in [-0.4, -0.2) is 18.0 Å². The van der Waals surface area contributed by atoms with Gasteiger partial charge in [0.05, 0.1) is 0 Å². The van der Waals surface area contributed by atoms with Crippen molar-refractivity contribution in [2.45, 2.75) is 45.6 Å². The Morgan fingerprint density at radius 1 is 1.16 bits per heavy atom. The summed E-state index contributed by atoms with van der Waals surface area (Å²) in [5, 5.41) is 0. The summed E-state index contributed by atoms with van der Waals surface area (Å²) in [6.45, 7) is 5.80. The fourth-order valence-corrected chi connectivity index (χ4v) is 3.91. The number of likely N-dealkylation sites (tertiary alicyclic amines) is 1. The molecule has 2 heteroatoms. The first-order valence-corrected chi connectivity index (χ1v) is 7.80. The van der Waals surface area contributed by atoms with E-state index in [2.05, 4.69) is 30.0 Å². The molecule has 0 aromatic heterocycles. The molecule has 2 nitrogen and oxygen atoms in total. The highest BCUT2D eigenvalue weighted by molar-refractivity contribution is 5.47. The van der Waals surface area contributed by atoms with Gasteiger partial charge in [-0.15, -0.1) is 0 Å². The van der Waals surface area contributed by atoms with Crippen LogP contribution in [0.4, 0.5) is 5.69 Å². The molecule has 0 radical (unpaired) electrons. The predicted octanol–water partition coefficient (Wildman–Crippen LogP) is 3.59. The molecule has 2 N–H and O–H groups in total. The molecule has 3 rings (SSSR count). The third kappa shape index (κ3) is 2.94. The SMILES string of the molecule is Cc1cc(CN2CCC3CCCCC3C2)ccc1N. The number of nitrogen functional groups attached to an aromatic ring is 1. The zero-order valence-corrected chi connectivity index (χ0v) is 12.1. The lowest BCUT2D eigenvalue weighted by Crippen LogP contribution is -2.41. The zero-order valence-electron chi connectivity index (χ0n) is 12.1. The first-order chi connectivity index (χ1) is 9.22. The van der Waals surface area contributed by atoms with Gasteiger partial charge < -0.3 is 5.73 Å². The summed E-state index contributed by atoms with van der Waals surface area (Å²) in [7, 11) is 0. The van der Waals surface area contributed by atoms with Crippen LogP contribution in [0.2, 0.25) is 0 Å². The highest BCUT2D eigenvalue weighted by atomic mass is 15.1. The number of benzene rings is 1. The summed E-state index contributed by atoms with van der Waals surface area (Å²) >= 11 is 0. The number of fused-ring (bicyclic) bond motifs is 1. The molecular weight excluding hydrogens is 232 g/mol. The second-order valence-corrected chi connectivity index (χ2v) is 6.52. The lowest BCUT2D eigenvalue weighted by molar-refractivity contribution is 0.0820. The Kier molecular flexibility index (Phi) is 3.79. The summed E-state index contributed by atoms with van der Waals surface area (Å²) in [6.07, 6.45) is 7.29. The Morgan fingerprint density at radius 3 is 2.74 bits per heavy atom. The van der Waals surface area contributed by atoms with Crippen molar-refractivity contribution >= 4 is 5.69 Å². The molecule has 0 bridgehead atoms. The summed E-state index contributed by atoms with van der Waals surface area (Å²) in [4.78, 5) is 2.65. The molecular formula is C17H26N2. The minimum Gasteiger partial charge on any atom is -0.399 e. The summed E-state index contributed by atoms with van der Waals surface area (Å²) < 4.78 is 0. The van der Waals surface area contributed by atoms with E-state index in [1.165, 1.54) is 56.3 Å². The molecule has 2 unspecified atom stereocenters. The highest BCUT2D eigenvalue weighted by Gasteiger charge is 2.30.